The monoisotopic (exact) mass is 386 g/mol. The number of amides is 2. The molecule has 0 bridgehead atoms. The molecule has 0 spiro atoms. The van der Waals surface area contributed by atoms with E-state index in [4.69, 9.17) is 0 Å². The van der Waals surface area contributed by atoms with E-state index < -0.39 is 0 Å². The van der Waals surface area contributed by atoms with Gasteiger partial charge in [-0.2, -0.15) is 0 Å². The molecule has 0 radical (unpaired) electrons. The summed E-state index contributed by atoms with van der Waals surface area (Å²) in [5, 5.41) is 2.92. The van der Waals surface area contributed by atoms with Crippen molar-refractivity contribution in [2.75, 3.05) is 11.9 Å². The first-order valence-electron chi connectivity index (χ1n) is 7.97. The summed E-state index contributed by atoms with van der Waals surface area (Å²) < 4.78 is 0.856. The number of rotatable bonds is 4. The van der Waals surface area contributed by atoms with Crippen molar-refractivity contribution in [3.8, 4) is 0 Å². The molecule has 0 aromatic heterocycles. The molecule has 1 aliphatic rings. The van der Waals surface area contributed by atoms with E-state index in [0.29, 0.717) is 18.5 Å². The molecule has 1 aliphatic heterocycles. The standard InChI is InChI=1S/C19H19BrN2O2/c1-13-7-8-17(16(20)10-13)21-19(24)15-5-2-4-14(11-15)12-22-9-3-6-18(22)23/h2,4-5,7-8,10-11H,3,6,9,12H2,1H3,(H,21,24). The van der Waals surface area contributed by atoms with Crippen molar-refractivity contribution >= 4 is 33.4 Å². The zero-order valence-electron chi connectivity index (χ0n) is 13.5. The highest BCUT2D eigenvalue weighted by Crippen LogP contribution is 2.24. The van der Waals surface area contributed by atoms with Crippen LogP contribution in [0, 0.1) is 6.92 Å². The molecular weight excluding hydrogens is 368 g/mol. The largest absolute Gasteiger partial charge is 0.338 e. The van der Waals surface area contributed by atoms with E-state index in [0.717, 1.165) is 34.3 Å². The number of likely N-dealkylation sites (tertiary alicyclic amines) is 1. The van der Waals surface area contributed by atoms with Crippen LogP contribution in [0.1, 0.15) is 34.3 Å². The third kappa shape index (κ3) is 3.85. The van der Waals surface area contributed by atoms with E-state index in [1.807, 2.05) is 48.2 Å². The Hall–Kier alpha value is -2.14. The van der Waals surface area contributed by atoms with Gasteiger partial charge < -0.3 is 10.2 Å². The molecule has 0 saturated carbocycles. The molecule has 2 aromatic carbocycles. The van der Waals surface area contributed by atoms with E-state index in [2.05, 4.69) is 21.2 Å². The number of hydrogen-bond donors (Lipinski definition) is 1. The van der Waals surface area contributed by atoms with E-state index in [9.17, 15) is 9.59 Å². The fraction of sp³-hybridized carbons (Fsp3) is 0.263. The van der Waals surface area contributed by atoms with Crippen LogP contribution in [0.25, 0.3) is 0 Å². The minimum atomic E-state index is -0.158. The Morgan fingerprint density at radius 3 is 2.79 bits per heavy atom. The van der Waals surface area contributed by atoms with E-state index in [1.165, 1.54) is 0 Å². The molecule has 0 atom stereocenters. The lowest BCUT2D eigenvalue weighted by atomic mass is 10.1. The van der Waals surface area contributed by atoms with Gasteiger partial charge in [-0.25, -0.2) is 0 Å². The second-order valence-corrected chi connectivity index (χ2v) is 6.91. The van der Waals surface area contributed by atoms with Gasteiger partial charge >= 0.3 is 0 Å². The molecule has 124 valence electrons. The van der Waals surface area contributed by atoms with E-state index in [-0.39, 0.29) is 11.8 Å². The summed E-state index contributed by atoms with van der Waals surface area (Å²) in [5.41, 5.74) is 3.43. The molecule has 1 fully saturated rings. The first-order valence-corrected chi connectivity index (χ1v) is 8.76. The summed E-state index contributed by atoms with van der Waals surface area (Å²) in [4.78, 5) is 26.1. The first-order chi connectivity index (χ1) is 11.5. The van der Waals surface area contributed by atoms with Crippen molar-refractivity contribution < 1.29 is 9.59 Å². The average molecular weight is 387 g/mol. The maximum Gasteiger partial charge on any atom is 0.255 e. The van der Waals surface area contributed by atoms with Crippen molar-refractivity contribution in [1.82, 2.24) is 4.90 Å². The van der Waals surface area contributed by atoms with Gasteiger partial charge in [-0.1, -0.05) is 18.2 Å². The Kier molecular flexibility index (Phi) is 5.00. The van der Waals surface area contributed by atoms with Gasteiger partial charge in [0, 0.05) is 29.5 Å². The van der Waals surface area contributed by atoms with Crippen molar-refractivity contribution in [1.29, 1.82) is 0 Å². The van der Waals surface area contributed by atoms with E-state index >= 15 is 0 Å². The SMILES string of the molecule is Cc1ccc(NC(=O)c2cccc(CN3CCCC3=O)c2)c(Br)c1. The van der Waals surface area contributed by atoms with Crippen LogP contribution < -0.4 is 5.32 Å². The Morgan fingerprint density at radius 2 is 2.08 bits per heavy atom. The summed E-state index contributed by atoms with van der Waals surface area (Å²) in [5.74, 6) is 0.0302. The Labute approximate surface area is 150 Å². The maximum atomic E-state index is 12.5. The van der Waals surface area contributed by atoms with Gasteiger partial charge in [-0.15, -0.1) is 0 Å². The fourth-order valence-electron chi connectivity index (χ4n) is 2.82. The molecule has 24 heavy (non-hydrogen) atoms. The highest BCUT2D eigenvalue weighted by atomic mass is 79.9. The van der Waals surface area contributed by atoms with Crippen LogP contribution in [-0.4, -0.2) is 23.3 Å². The lowest BCUT2D eigenvalue weighted by Crippen LogP contribution is -2.24. The number of benzene rings is 2. The zero-order chi connectivity index (χ0) is 17.1. The van der Waals surface area contributed by atoms with E-state index in [1.54, 1.807) is 6.07 Å². The highest BCUT2D eigenvalue weighted by molar-refractivity contribution is 9.10. The second-order valence-electron chi connectivity index (χ2n) is 6.06. The van der Waals surface area contributed by atoms with Crippen molar-refractivity contribution in [3.05, 3.63) is 63.6 Å². The van der Waals surface area contributed by atoms with Gasteiger partial charge in [0.05, 0.1) is 5.69 Å². The van der Waals surface area contributed by atoms with Gasteiger partial charge in [0.15, 0.2) is 0 Å². The summed E-state index contributed by atoms with van der Waals surface area (Å²) in [6.07, 6.45) is 1.54. The minimum absolute atomic E-state index is 0.158. The number of nitrogens with one attached hydrogen (secondary N) is 1. The van der Waals surface area contributed by atoms with Crippen LogP contribution >= 0.6 is 15.9 Å². The van der Waals surface area contributed by atoms with Gasteiger partial charge in [-0.3, -0.25) is 9.59 Å². The normalized spacial score (nSPS) is 14.1. The number of carbonyl (C=O) groups is 2. The number of halogens is 1. The summed E-state index contributed by atoms with van der Waals surface area (Å²) in [7, 11) is 0. The Balaban J connectivity index is 1.73. The second kappa shape index (κ2) is 7.18. The van der Waals surface area contributed by atoms with Gasteiger partial charge in [0.25, 0.3) is 5.91 Å². The van der Waals surface area contributed by atoms with Crippen molar-refractivity contribution in [2.45, 2.75) is 26.3 Å². The van der Waals surface area contributed by atoms with Crippen LogP contribution in [0.5, 0.6) is 0 Å². The molecule has 0 unspecified atom stereocenters. The fourth-order valence-corrected chi connectivity index (χ4v) is 3.41. The summed E-state index contributed by atoms with van der Waals surface area (Å²) >= 11 is 3.47. The number of carbonyl (C=O) groups excluding carboxylic acids is 2. The molecule has 2 aromatic rings. The highest BCUT2D eigenvalue weighted by Gasteiger charge is 2.20. The lowest BCUT2D eigenvalue weighted by molar-refractivity contribution is -0.128. The number of aryl methyl sites for hydroxylation is 1. The van der Waals surface area contributed by atoms with Crippen LogP contribution in [0.15, 0.2) is 46.9 Å². The molecular formula is C19H19BrN2O2. The van der Waals surface area contributed by atoms with Crippen LogP contribution in [0.4, 0.5) is 5.69 Å². The van der Waals surface area contributed by atoms with Gasteiger partial charge in [0.2, 0.25) is 5.91 Å². The number of nitrogens with zero attached hydrogens (tertiary/aromatic N) is 1. The molecule has 1 heterocycles. The smallest absolute Gasteiger partial charge is 0.255 e. The van der Waals surface area contributed by atoms with Crippen molar-refractivity contribution in [2.24, 2.45) is 0 Å². The zero-order valence-corrected chi connectivity index (χ0v) is 15.1. The third-order valence-corrected chi connectivity index (χ3v) is 4.76. The molecule has 5 heteroatoms. The average Bonchev–Trinajstić information content (AvgIpc) is 2.95. The first kappa shape index (κ1) is 16.7. The predicted octanol–water partition coefficient (Wildman–Crippen LogP) is 4.13. The topological polar surface area (TPSA) is 49.4 Å². The van der Waals surface area contributed by atoms with Crippen LogP contribution in [-0.2, 0) is 11.3 Å². The lowest BCUT2D eigenvalue weighted by Gasteiger charge is -2.16. The quantitative estimate of drug-likeness (QED) is 0.858. The summed E-state index contributed by atoms with van der Waals surface area (Å²) in [6, 6.07) is 13.2. The summed E-state index contributed by atoms with van der Waals surface area (Å²) in [6.45, 7) is 3.36. The molecule has 2 amide bonds. The molecule has 0 aliphatic carbocycles. The van der Waals surface area contributed by atoms with Crippen LogP contribution in [0.2, 0.25) is 0 Å². The van der Waals surface area contributed by atoms with Crippen molar-refractivity contribution in [3.63, 3.8) is 0 Å². The number of hydrogen-bond acceptors (Lipinski definition) is 2. The maximum absolute atomic E-state index is 12.5. The van der Waals surface area contributed by atoms with Gasteiger partial charge in [0.1, 0.15) is 0 Å². The third-order valence-electron chi connectivity index (χ3n) is 4.11. The molecule has 4 nitrogen and oxygen atoms in total. The minimum Gasteiger partial charge on any atom is -0.338 e. The van der Waals surface area contributed by atoms with Crippen LogP contribution in [0.3, 0.4) is 0 Å². The van der Waals surface area contributed by atoms with Gasteiger partial charge in [-0.05, 0) is 64.7 Å². The molecule has 1 N–H and O–H groups in total. The Bertz CT molecular complexity index is 789. The predicted molar refractivity (Wildman–Crippen MR) is 97.9 cm³/mol. The Morgan fingerprint density at radius 1 is 1.25 bits per heavy atom. The number of anilines is 1. The molecule has 3 rings (SSSR count). The molecule has 1 saturated heterocycles.